The summed E-state index contributed by atoms with van der Waals surface area (Å²) in [6, 6.07) is 4.83. The number of benzene rings is 1. The maximum Gasteiger partial charge on any atom is 0.460 e. The lowest BCUT2D eigenvalue weighted by molar-refractivity contribution is -0.672. The number of nitrogens with zero attached hydrogens (tertiary/aromatic N) is 3. The van der Waals surface area contributed by atoms with Gasteiger partial charge in [-0.2, -0.15) is 0 Å². The van der Waals surface area contributed by atoms with Crippen LogP contribution in [0, 0.1) is 10.4 Å². The molecule has 2 aromatic rings. The van der Waals surface area contributed by atoms with E-state index in [0.29, 0.717) is 16.1 Å². The van der Waals surface area contributed by atoms with Gasteiger partial charge < -0.3 is 10.4 Å². The van der Waals surface area contributed by atoms with Gasteiger partial charge >= 0.3 is 11.5 Å². The van der Waals surface area contributed by atoms with Gasteiger partial charge in [0, 0.05) is 15.4 Å². The third kappa shape index (κ3) is 1.73. The van der Waals surface area contributed by atoms with Crippen LogP contribution in [0.3, 0.4) is 0 Å². The summed E-state index contributed by atoms with van der Waals surface area (Å²) >= 11 is 3.23. The van der Waals surface area contributed by atoms with E-state index in [1.165, 1.54) is 0 Å². The van der Waals surface area contributed by atoms with Gasteiger partial charge in [-0.05, 0) is 19.1 Å². The first-order chi connectivity index (χ1) is 7.63. The zero-order valence-corrected chi connectivity index (χ0v) is 10.1. The summed E-state index contributed by atoms with van der Waals surface area (Å²) in [4.78, 5) is 0.437. The van der Waals surface area contributed by atoms with E-state index in [4.69, 9.17) is 0 Å². The van der Waals surface area contributed by atoms with Crippen LogP contribution >= 0.6 is 15.9 Å². The van der Waals surface area contributed by atoms with Crippen LogP contribution in [-0.4, -0.2) is 11.6 Å². The maximum absolute atomic E-state index is 11.8. The van der Waals surface area contributed by atoms with Gasteiger partial charge in [-0.3, -0.25) is 5.32 Å². The first-order valence-corrected chi connectivity index (χ1v) is 5.49. The number of rotatable bonds is 2. The van der Waals surface area contributed by atoms with E-state index in [1.54, 1.807) is 18.2 Å². The normalized spacial score (nSPS) is 10.6. The predicted molar refractivity (Wildman–Crippen MR) is 61.5 cm³/mol. The largest absolute Gasteiger partial charge is 0.739 e. The molecule has 0 saturated heterocycles. The summed E-state index contributed by atoms with van der Waals surface area (Å²) in [6.45, 7) is 2.35. The van der Waals surface area contributed by atoms with Crippen LogP contribution in [0.4, 0.5) is 5.95 Å². The van der Waals surface area contributed by atoms with Gasteiger partial charge in [-0.25, -0.2) is 4.73 Å². The van der Waals surface area contributed by atoms with Gasteiger partial charge in [0.15, 0.2) is 5.52 Å². The van der Waals surface area contributed by atoms with Gasteiger partial charge in [-0.15, -0.1) is 0 Å². The highest BCUT2D eigenvalue weighted by Gasteiger charge is 2.19. The summed E-state index contributed by atoms with van der Waals surface area (Å²) in [6.07, 6.45) is 0. The highest BCUT2D eigenvalue weighted by molar-refractivity contribution is 9.10. The van der Waals surface area contributed by atoms with Crippen LogP contribution in [0.2, 0.25) is 0 Å². The predicted octanol–water partition coefficient (Wildman–Crippen LogP) is 0.696. The topological polar surface area (TPSA) is 78.8 Å². The summed E-state index contributed by atoms with van der Waals surface area (Å²) in [5.74, 6) is 0.00678. The number of halogens is 1. The van der Waals surface area contributed by atoms with Gasteiger partial charge in [0.2, 0.25) is 5.10 Å². The van der Waals surface area contributed by atoms with E-state index < -0.39 is 0 Å². The molecule has 0 saturated carbocycles. The number of anilines is 1. The third-order valence-electron chi connectivity index (χ3n) is 2.08. The van der Waals surface area contributed by atoms with E-state index >= 15 is 0 Å². The first kappa shape index (κ1) is 10.9. The van der Waals surface area contributed by atoms with Gasteiger partial charge in [0.25, 0.3) is 0 Å². The standard InChI is InChI=1S/C9H9BrN4O2/c1-2-11-9-12-14(16)8-5-6(10)3-4-7(8)13(9)15/h3-5H,2H2,1H3,(H,11,12). The van der Waals surface area contributed by atoms with Crippen molar-refractivity contribution in [2.75, 3.05) is 11.9 Å². The fourth-order valence-corrected chi connectivity index (χ4v) is 1.73. The summed E-state index contributed by atoms with van der Waals surface area (Å²) < 4.78 is 1.34. The highest BCUT2D eigenvalue weighted by Crippen LogP contribution is 2.14. The van der Waals surface area contributed by atoms with Crippen molar-refractivity contribution >= 4 is 32.9 Å². The van der Waals surface area contributed by atoms with Crippen LogP contribution in [0.5, 0.6) is 0 Å². The summed E-state index contributed by atoms with van der Waals surface area (Å²) in [7, 11) is 0. The average molecular weight is 285 g/mol. The zero-order valence-electron chi connectivity index (χ0n) is 8.48. The molecule has 0 amide bonds. The Hall–Kier alpha value is -1.63. The number of fused-ring (bicyclic) bond motifs is 1. The van der Waals surface area contributed by atoms with E-state index in [2.05, 4.69) is 26.3 Å². The molecular formula is C9H9BrN4O2. The molecule has 84 valence electrons. The molecule has 1 aromatic heterocycles. The van der Waals surface area contributed by atoms with E-state index in [0.717, 1.165) is 4.47 Å². The van der Waals surface area contributed by atoms with Crippen LogP contribution in [-0.2, 0) is 0 Å². The van der Waals surface area contributed by atoms with Crippen molar-refractivity contribution in [1.82, 2.24) is 5.10 Å². The molecule has 0 aliphatic rings. The molecule has 0 spiro atoms. The molecule has 0 fully saturated rings. The van der Waals surface area contributed by atoms with Crippen molar-refractivity contribution in [1.29, 1.82) is 0 Å². The lowest BCUT2D eigenvalue weighted by Crippen LogP contribution is -2.44. The lowest BCUT2D eigenvalue weighted by atomic mass is 10.3. The van der Waals surface area contributed by atoms with Gasteiger partial charge in [-0.1, -0.05) is 15.9 Å². The SMILES string of the molecule is CCNc1n[n+]([O-])c2cc(Br)ccc2[n+]1[O-]. The first-order valence-electron chi connectivity index (χ1n) is 4.70. The molecule has 1 heterocycles. The molecule has 0 aliphatic carbocycles. The third-order valence-corrected chi connectivity index (χ3v) is 2.57. The van der Waals surface area contributed by atoms with Crippen molar-refractivity contribution in [3.63, 3.8) is 0 Å². The molecule has 16 heavy (non-hydrogen) atoms. The molecule has 0 bridgehead atoms. The minimum Gasteiger partial charge on any atom is -0.739 e. The minimum absolute atomic E-state index is 0.00678. The Morgan fingerprint density at radius 1 is 1.38 bits per heavy atom. The fraction of sp³-hybridized carbons (Fsp3) is 0.222. The van der Waals surface area contributed by atoms with Crippen LogP contribution in [0.15, 0.2) is 22.7 Å². The van der Waals surface area contributed by atoms with Crippen molar-refractivity contribution < 1.29 is 9.58 Å². The molecule has 2 rings (SSSR count). The van der Waals surface area contributed by atoms with Crippen LogP contribution < -0.4 is 14.9 Å². The second kappa shape index (κ2) is 4.09. The number of hydrogen-bond donors (Lipinski definition) is 1. The Labute approximate surface area is 99.8 Å². The van der Waals surface area contributed by atoms with Gasteiger partial charge in [0.1, 0.15) is 0 Å². The van der Waals surface area contributed by atoms with Crippen LogP contribution in [0.25, 0.3) is 11.0 Å². The molecular weight excluding hydrogens is 276 g/mol. The van der Waals surface area contributed by atoms with E-state index in [-0.39, 0.29) is 17.0 Å². The van der Waals surface area contributed by atoms with Crippen LogP contribution in [0.1, 0.15) is 6.92 Å². The van der Waals surface area contributed by atoms with E-state index in [9.17, 15) is 10.4 Å². The molecule has 0 radical (unpaired) electrons. The average Bonchev–Trinajstić information content (AvgIpc) is 2.26. The Bertz CT molecular complexity index is 547. The summed E-state index contributed by atoms with van der Waals surface area (Å²) in [5.41, 5.74) is 0.509. The smallest absolute Gasteiger partial charge is 0.460 e. The number of nitrogens with one attached hydrogen (secondary N) is 1. The second-order valence-corrected chi connectivity index (χ2v) is 4.07. The van der Waals surface area contributed by atoms with Crippen molar-refractivity contribution in [2.24, 2.45) is 0 Å². The fourth-order valence-electron chi connectivity index (χ4n) is 1.38. The Balaban J connectivity index is 2.74. The van der Waals surface area contributed by atoms with Crippen molar-refractivity contribution in [3.8, 4) is 0 Å². The van der Waals surface area contributed by atoms with E-state index in [1.807, 2.05) is 6.92 Å². The Morgan fingerprint density at radius 2 is 2.12 bits per heavy atom. The second-order valence-electron chi connectivity index (χ2n) is 3.15. The van der Waals surface area contributed by atoms with Crippen molar-refractivity contribution in [2.45, 2.75) is 6.92 Å². The maximum atomic E-state index is 11.8. The zero-order chi connectivity index (χ0) is 11.7. The summed E-state index contributed by atoms with van der Waals surface area (Å²) in [5, 5.41) is 29.7. The molecule has 1 N–H and O–H groups in total. The Morgan fingerprint density at radius 3 is 2.81 bits per heavy atom. The van der Waals surface area contributed by atoms with Crippen molar-refractivity contribution in [3.05, 3.63) is 33.1 Å². The Kier molecular flexibility index (Phi) is 2.78. The number of aromatic nitrogens is 3. The molecule has 0 aliphatic heterocycles. The molecule has 1 aromatic carbocycles. The minimum atomic E-state index is 0.00678. The molecule has 7 heteroatoms. The molecule has 0 unspecified atom stereocenters. The quantitative estimate of drug-likeness (QED) is 0.650. The molecule has 6 nitrogen and oxygen atoms in total. The van der Waals surface area contributed by atoms with Gasteiger partial charge in [0.05, 0.1) is 6.54 Å². The monoisotopic (exact) mass is 284 g/mol. The number of hydrogen-bond acceptors (Lipinski definition) is 4. The molecule has 0 atom stereocenters. The lowest BCUT2D eigenvalue weighted by Gasteiger charge is -2.09. The highest BCUT2D eigenvalue weighted by atomic mass is 79.9.